The Morgan fingerprint density at radius 3 is 2.40 bits per heavy atom. The molecule has 3 rings (SSSR count). The quantitative estimate of drug-likeness (QED) is 0.844. The molecule has 5 heteroatoms. The van der Waals surface area contributed by atoms with Crippen LogP contribution in [0.4, 0.5) is 4.79 Å². The van der Waals surface area contributed by atoms with Crippen molar-refractivity contribution in [1.82, 2.24) is 15.1 Å². The van der Waals surface area contributed by atoms with Crippen LogP contribution in [0.1, 0.15) is 11.1 Å². The maximum Gasteiger partial charge on any atom is 0.321 e. The van der Waals surface area contributed by atoms with Crippen molar-refractivity contribution in [3.8, 4) is 0 Å². The van der Waals surface area contributed by atoms with Gasteiger partial charge in [-0.2, -0.15) is 0 Å². The Bertz CT molecular complexity index is 725. The average molecular weight is 400 g/mol. The molecule has 1 heterocycles. The first kappa shape index (κ1) is 17.7. The summed E-state index contributed by atoms with van der Waals surface area (Å²) in [7, 11) is 0. The Morgan fingerprint density at radius 2 is 1.68 bits per heavy atom. The summed E-state index contributed by atoms with van der Waals surface area (Å²) in [5.74, 6) is 0. The average Bonchev–Trinajstić information content (AvgIpc) is 2.65. The zero-order valence-electron chi connectivity index (χ0n) is 14.1. The zero-order valence-corrected chi connectivity index (χ0v) is 15.7. The Morgan fingerprint density at radius 1 is 1.00 bits per heavy atom. The number of halogens is 1. The van der Waals surface area contributed by atoms with E-state index in [-0.39, 0.29) is 6.03 Å². The lowest BCUT2D eigenvalue weighted by molar-refractivity contribution is 0.137. The molecule has 1 fully saturated rings. The second-order valence-electron chi connectivity index (χ2n) is 6.05. The van der Waals surface area contributed by atoms with Gasteiger partial charge in [0.25, 0.3) is 0 Å². The SMILES string of the molecule is O=C(N/C=C/c1ccccc1Br)N1CCN(Cc2ccccc2)CC1. The number of carbonyl (C=O) groups is 1. The fourth-order valence-electron chi connectivity index (χ4n) is 2.85. The van der Waals surface area contributed by atoms with Crippen LogP contribution in [0.5, 0.6) is 0 Å². The van der Waals surface area contributed by atoms with Gasteiger partial charge in [0.15, 0.2) is 0 Å². The molecule has 1 saturated heterocycles. The van der Waals surface area contributed by atoms with Crippen molar-refractivity contribution in [2.24, 2.45) is 0 Å². The van der Waals surface area contributed by atoms with Crippen LogP contribution in [0.15, 0.2) is 65.3 Å². The molecule has 1 N–H and O–H groups in total. The highest BCUT2D eigenvalue weighted by molar-refractivity contribution is 9.10. The number of hydrogen-bond donors (Lipinski definition) is 1. The molecule has 0 bridgehead atoms. The van der Waals surface area contributed by atoms with Crippen molar-refractivity contribution < 1.29 is 4.79 Å². The number of carbonyl (C=O) groups excluding carboxylic acids is 1. The van der Waals surface area contributed by atoms with Gasteiger partial charge in [0, 0.05) is 43.4 Å². The summed E-state index contributed by atoms with van der Waals surface area (Å²) in [6.45, 7) is 4.24. The Kier molecular flexibility index (Phi) is 6.25. The minimum absolute atomic E-state index is 0.0392. The lowest BCUT2D eigenvalue weighted by atomic mass is 10.2. The van der Waals surface area contributed by atoms with Gasteiger partial charge in [-0.3, -0.25) is 4.90 Å². The van der Waals surface area contributed by atoms with Crippen molar-refractivity contribution in [1.29, 1.82) is 0 Å². The van der Waals surface area contributed by atoms with Crippen LogP contribution < -0.4 is 5.32 Å². The molecule has 2 amide bonds. The molecular weight excluding hydrogens is 378 g/mol. The van der Waals surface area contributed by atoms with E-state index in [4.69, 9.17) is 0 Å². The number of piperazine rings is 1. The second-order valence-corrected chi connectivity index (χ2v) is 6.91. The highest BCUT2D eigenvalue weighted by atomic mass is 79.9. The third kappa shape index (κ3) is 5.18. The van der Waals surface area contributed by atoms with Crippen LogP contribution in [0, 0.1) is 0 Å². The Hall–Kier alpha value is -2.11. The van der Waals surface area contributed by atoms with Crippen LogP contribution in [-0.2, 0) is 6.54 Å². The van der Waals surface area contributed by atoms with Gasteiger partial charge in [-0.05, 0) is 23.3 Å². The van der Waals surface area contributed by atoms with Gasteiger partial charge in [0.2, 0.25) is 0 Å². The third-order valence-electron chi connectivity index (χ3n) is 4.28. The fraction of sp³-hybridized carbons (Fsp3) is 0.250. The van der Waals surface area contributed by atoms with Gasteiger partial charge in [0.05, 0.1) is 0 Å². The smallest absolute Gasteiger partial charge is 0.321 e. The minimum atomic E-state index is -0.0392. The number of urea groups is 1. The summed E-state index contributed by atoms with van der Waals surface area (Å²) in [4.78, 5) is 16.5. The minimum Gasteiger partial charge on any atom is -0.322 e. The molecule has 1 aliphatic heterocycles. The van der Waals surface area contributed by atoms with Crippen LogP contribution in [0.25, 0.3) is 6.08 Å². The van der Waals surface area contributed by atoms with Gasteiger partial charge in [0.1, 0.15) is 0 Å². The lowest BCUT2D eigenvalue weighted by Gasteiger charge is -2.34. The van der Waals surface area contributed by atoms with Crippen LogP contribution >= 0.6 is 15.9 Å². The molecule has 0 aromatic heterocycles. The maximum atomic E-state index is 12.3. The van der Waals surface area contributed by atoms with Crippen LogP contribution in [0.3, 0.4) is 0 Å². The third-order valence-corrected chi connectivity index (χ3v) is 5.01. The fourth-order valence-corrected chi connectivity index (χ4v) is 3.27. The summed E-state index contributed by atoms with van der Waals surface area (Å²) in [5, 5.41) is 2.86. The molecule has 0 atom stereocenters. The molecule has 0 aliphatic carbocycles. The summed E-state index contributed by atoms with van der Waals surface area (Å²) in [5.41, 5.74) is 2.35. The largest absolute Gasteiger partial charge is 0.322 e. The summed E-state index contributed by atoms with van der Waals surface area (Å²) >= 11 is 3.49. The van der Waals surface area contributed by atoms with Crippen molar-refractivity contribution in [3.05, 3.63) is 76.4 Å². The van der Waals surface area contributed by atoms with E-state index in [0.717, 1.165) is 42.8 Å². The van der Waals surface area contributed by atoms with E-state index in [1.807, 2.05) is 41.3 Å². The van der Waals surface area contributed by atoms with Gasteiger partial charge in [-0.25, -0.2) is 4.79 Å². The number of amides is 2. The first-order valence-corrected chi connectivity index (χ1v) is 9.24. The molecule has 130 valence electrons. The lowest BCUT2D eigenvalue weighted by Crippen LogP contribution is -2.50. The van der Waals surface area contributed by atoms with Crippen LogP contribution in [0.2, 0.25) is 0 Å². The Labute approximate surface area is 157 Å². The predicted molar refractivity (Wildman–Crippen MR) is 105 cm³/mol. The van der Waals surface area contributed by atoms with Crippen molar-refractivity contribution in [3.63, 3.8) is 0 Å². The van der Waals surface area contributed by atoms with E-state index < -0.39 is 0 Å². The first-order chi connectivity index (χ1) is 12.2. The van der Waals surface area contributed by atoms with Gasteiger partial charge in [-0.1, -0.05) is 64.5 Å². The summed E-state index contributed by atoms with van der Waals surface area (Å²) in [6, 6.07) is 18.3. The maximum absolute atomic E-state index is 12.3. The standard InChI is InChI=1S/C20H22BrN3O/c21-19-9-5-4-8-18(19)10-11-22-20(25)24-14-12-23(13-15-24)16-17-6-2-1-3-7-17/h1-11H,12-16H2,(H,22,25)/b11-10+. The molecule has 2 aromatic carbocycles. The van der Waals surface area contributed by atoms with Crippen molar-refractivity contribution in [2.75, 3.05) is 26.2 Å². The zero-order chi connectivity index (χ0) is 17.5. The molecule has 1 aliphatic rings. The molecule has 0 saturated carbocycles. The van der Waals surface area contributed by atoms with E-state index in [9.17, 15) is 4.79 Å². The van der Waals surface area contributed by atoms with E-state index in [0.29, 0.717) is 0 Å². The highest BCUT2D eigenvalue weighted by Crippen LogP contribution is 2.16. The van der Waals surface area contributed by atoms with Crippen molar-refractivity contribution >= 4 is 28.0 Å². The van der Waals surface area contributed by atoms with Gasteiger partial charge in [-0.15, -0.1) is 0 Å². The molecule has 25 heavy (non-hydrogen) atoms. The molecule has 0 radical (unpaired) electrons. The summed E-state index contributed by atoms with van der Waals surface area (Å²) in [6.07, 6.45) is 3.60. The monoisotopic (exact) mass is 399 g/mol. The molecule has 0 unspecified atom stereocenters. The summed E-state index contributed by atoms with van der Waals surface area (Å²) < 4.78 is 1.01. The van der Waals surface area contributed by atoms with E-state index in [2.05, 4.69) is 50.4 Å². The topological polar surface area (TPSA) is 35.6 Å². The van der Waals surface area contributed by atoms with Gasteiger partial charge < -0.3 is 10.2 Å². The number of nitrogens with one attached hydrogen (secondary N) is 1. The predicted octanol–water partition coefficient (Wildman–Crippen LogP) is 3.95. The Balaban J connectivity index is 1.44. The first-order valence-electron chi connectivity index (χ1n) is 8.45. The number of hydrogen-bond acceptors (Lipinski definition) is 2. The van der Waals surface area contributed by atoms with E-state index >= 15 is 0 Å². The molecular formula is C20H22BrN3O. The van der Waals surface area contributed by atoms with Crippen molar-refractivity contribution in [2.45, 2.75) is 6.54 Å². The molecule has 0 spiro atoms. The van der Waals surface area contributed by atoms with E-state index in [1.165, 1.54) is 5.56 Å². The van der Waals surface area contributed by atoms with Gasteiger partial charge >= 0.3 is 6.03 Å². The number of nitrogens with zero attached hydrogens (tertiary/aromatic N) is 2. The van der Waals surface area contributed by atoms with Crippen LogP contribution in [-0.4, -0.2) is 42.0 Å². The second kappa shape index (κ2) is 8.83. The number of rotatable bonds is 4. The normalized spacial score (nSPS) is 15.5. The number of benzene rings is 2. The molecule has 4 nitrogen and oxygen atoms in total. The van der Waals surface area contributed by atoms with E-state index in [1.54, 1.807) is 6.20 Å². The highest BCUT2D eigenvalue weighted by Gasteiger charge is 2.20. The molecule has 2 aromatic rings.